The molecule has 160 valence electrons. The van der Waals surface area contributed by atoms with Gasteiger partial charge in [-0.1, -0.05) is 13.3 Å². The molecule has 3 heterocycles. The number of hydrogen-bond donors (Lipinski definition) is 0. The van der Waals surface area contributed by atoms with Gasteiger partial charge in [0.1, 0.15) is 0 Å². The summed E-state index contributed by atoms with van der Waals surface area (Å²) in [7, 11) is 1.70. The minimum Gasteiger partial charge on any atom is -0.493 e. The zero-order chi connectivity index (χ0) is 20.2. The molecule has 6 heteroatoms. The number of halogens is 1. The van der Waals surface area contributed by atoms with Crippen molar-refractivity contribution in [3.8, 4) is 23.0 Å². The van der Waals surface area contributed by atoms with E-state index in [0.29, 0.717) is 13.4 Å². The molecule has 0 bridgehead atoms. The number of nitrogens with zero attached hydrogens (tertiary/aromatic N) is 1. The maximum atomic E-state index is 6.22. The molecule has 0 radical (unpaired) electrons. The first-order valence-electron chi connectivity index (χ1n) is 10.6. The van der Waals surface area contributed by atoms with Gasteiger partial charge in [0.25, 0.3) is 0 Å². The van der Waals surface area contributed by atoms with Crippen LogP contribution in [0.2, 0.25) is 0 Å². The van der Waals surface area contributed by atoms with E-state index in [1.54, 1.807) is 7.11 Å². The normalized spacial score (nSPS) is 13.7. The summed E-state index contributed by atoms with van der Waals surface area (Å²) in [6.45, 7) is 4.08. The van der Waals surface area contributed by atoms with E-state index in [-0.39, 0.29) is 17.0 Å². The largest absolute Gasteiger partial charge is 0.493 e. The highest BCUT2D eigenvalue weighted by Gasteiger charge is 2.29. The summed E-state index contributed by atoms with van der Waals surface area (Å²) < 4.78 is 25.7. The van der Waals surface area contributed by atoms with Crippen molar-refractivity contribution in [2.24, 2.45) is 0 Å². The first-order chi connectivity index (χ1) is 14.8. The van der Waals surface area contributed by atoms with Crippen LogP contribution in [0.4, 0.5) is 0 Å². The average molecular weight is 483 g/mol. The molecule has 2 aliphatic heterocycles. The summed E-state index contributed by atoms with van der Waals surface area (Å²) in [5.41, 5.74) is 2.58. The van der Waals surface area contributed by atoms with Crippen molar-refractivity contribution in [1.29, 1.82) is 0 Å². The second-order valence-corrected chi connectivity index (χ2v) is 7.99. The van der Waals surface area contributed by atoms with Crippen LogP contribution < -0.4 is 23.5 Å². The summed E-state index contributed by atoms with van der Waals surface area (Å²) >= 11 is 0. The van der Waals surface area contributed by atoms with Gasteiger partial charge in [0, 0.05) is 17.2 Å². The summed E-state index contributed by atoms with van der Waals surface area (Å²) in [5.74, 6) is 3.35. The Morgan fingerprint density at radius 3 is 2.71 bits per heavy atom. The number of aromatic nitrogens is 1. The Morgan fingerprint density at radius 2 is 1.87 bits per heavy atom. The monoisotopic (exact) mass is 482 g/mol. The highest BCUT2D eigenvalue weighted by molar-refractivity contribution is 8.93. The lowest BCUT2D eigenvalue weighted by Crippen LogP contribution is -2.38. The van der Waals surface area contributed by atoms with Crippen LogP contribution in [0.3, 0.4) is 0 Å². The smallest absolute Gasteiger partial charge is 0.231 e. The molecule has 31 heavy (non-hydrogen) atoms. The molecule has 4 aromatic rings. The van der Waals surface area contributed by atoms with Crippen LogP contribution in [0.5, 0.6) is 23.0 Å². The predicted molar refractivity (Wildman–Crippen MR) is 126 cm³/mol. The van der Waals surface area contributed by atoms with Crippen LogP contribution in [0.1, 0.15) is 25.3 Å². The number of benzene rings is 3. The van der Waals surface area contributed by atoms with E-state index in [1.165, 1.54) is 27.2 Å². The van der Waals surface area contributed by atoms with Gasteiger partial charge in [-0.25, -0.2) is 0 Å². The van der Waals surface area contributed by atoms with Gasteiger partial charge in [0.05, 0.1) is 29.9 Å². The first kappa shape index (κ1) is 20.2. The zero-order valence-electron chi connectivity index (χ0n) is 17.7. The maximum Gasteiger partial charge on any atom is 0.231 e. The maximum absolute atomic E-state index is 6.22. The molecule has 0 spiro atoms. The number of ether oxygens (including phenoxy) is 4. The highest BCUT2D eigenvalue weighted by atomic mass is 79.9. The van der Waals surface area contributed by atoms with E-state index in [1.807, 2.05) is 6.07 Å². The van der Waals surface area contributed by atoms with Crippen LogP contribution in [0.15, 0.2) is 36.5 Å². The molecule has 5 nitrogen and oxygen atoms in total. The van der Waals surface area contributed by atoms with Gasteiger partial charge < -0.3 is 18.9 Å². The summed E-state index contributed by atoms with van der Waals surface area (Å²) in [6, 6.07) is 10.7. The predicted octanol–water partition coefficient (Wildman–Crippen LogP) is 5.48. The van der Waals surface area contributed by atoms with E-state index < -0.39 is 0 Å². The zero-order valence-corrected chi connectivity index (χ0v) is 19.4. The molecule has 0 saturated heterocycles. The number of hydrogen-bond acceptors (Lipinski definition) is 4. The Labute approximate surface area is 191 Å². The van der Waals surface area contributed by atoms with Gasteiger partial charge in [-0.15, -0.1) is 17.0 Å². The lowest BCUT2D eigenvalue weighted by atomic mass is 9.93. The lowest BCUT2D eigenvalue weighted by Gasteiger charge is -2.18. The Kier molecular flexibility index (Phi) is 5.05. The quantitative estimate of drug-likeness (QED) is 0.214. The molecular formula is C25H25BrNO4+. The fourth-order valence-electron chi connectivity index (χ4n) is 4.86. The van der Waals surface area contributed by atoms with Crippen molar-refractivity contribution in [3.63, 3.8) is 0 Å². The topological polar surface area (TPSA) is 40.8 Å². The van der Waals surface area contributed by atoms with Crippen LogP contribution in [-0.4, -0.2) is 20.5 Å². The van der Waals surface area contributed by atoms with Crippen LogP contribution in [0.25, 0.3) is 32.4 Å². The highest BCUT2D eigenvalue weighted by Crippen LogP contribution is 2.46. The van der Waals surface area contributed by atoms with Crippen molar-refractivity contribution in [2.45, 2.75) is 32.7 Å². The molecule has 0 saturated carbocycles. The molecule has 0 atom stereocenters. The Morgan fingerprint density at radius 1 is 1.03 bits per heavy atom. The number of methoxy groups -OCH3 is 1. The molecule has 0 aliphatic carbocycles. The van der Waals surface area contributed by atoms with E-state index in [0.717, 1.165) is 59.6 Å². The third kappa shape index (κ3) is 2.92. The third-order valence-electron chi connectivity index (χ3n) is 6.30. The van der Waals surface area contributed by atoms with Gasteiger partial charge in [-0.2, -0.15) is 4.57 Å². The van der Waals surface area contributed by atoms with Crippen molar-refractivity contribution >= 4 is 49.4 Å². The minimum absolute atomic E-state index is 0. The number of pyridine rings is 1. The molecule has 2 aliphatic rings. The molecule has 0 amide bonds. The second kappa shape index (κ2) is 7.75. The first-order valence-corrected chi connectivity index (χ1v) is 10.6. The SMILES string of the molecule is Br.CCCCOc1c(OC)ccc2c1c[n+]1c3c2ccc2c4c(cc(c23)CC1)OCO4. The van der Waals surface area contributed by atoms with Crippen molar-refractivity contribution in [2.75, 3.05) is 20.5 Å². The number of unbranched alkanes of at least 4 members (excludes halogenated alkanes) is 1. The summed E-state index contributed by atoms with van der Waals surface area (Å²) in [6.07, 6.45) is 5.31. The second-order valence-electron chi connectivity index (χ2n) is 7.99. The fraction of sp³-hybridized carbons (Fsp3) is 0.320. The molecular weight excluding hydrogens is 458 g/mol. The molecule has 3 aromatic carbocycles. The van der Waals surface area contributed by atoms with Gasteiger partial charge in [0.15, 0.2) is 35.7 Å². The third-order valence-corrected chi connectivity index (χ3v) is 6.30. The summed E-state index contributed by atoms with van der Waals surface area (Å²) in [5, 5.41) is 5.91. The van der Waals surface area contributed by atoms with Crippen molar-refractivity contribution in [1.82, 2.24) is 0 Å². The molecule has 1 aromatic heterocycles. The van der Waals surface area contributed by atoms with Crippen LogP contribution in [0, 0.1) is 0 Å². The van der Waals surface area contributed by atoms with Crippen LogP contribution >= 0.6 is 17.0 Å². The molecule has 6 rings (SSSR count). The molecule has 0 N–H and O–H groups in total. The van der Waals surface area contributed by atoms with Crippen LogP contribution in [-0.2, 0) is 13.0 Å². The van der Waals surface area contributed by atoms with E-state index >= 15 is 0 Å². The Hall–Kier alpha value is -2.73. The fourth-order valence-corrected chi connectivity index (χ4v) is 4.86. The number of aryl methyl sites for hydroxylation is 2. The minimum atomic E-state index is 0. The van der Waals surface area contributed by atoms with Crippen molar-refractivity contribution in [3.05, 3.63) is 42.1 Å². The Bertz CT molecular complexity index is 1330. The van der Waals surface area contributed by atoms with Gasteiger partial charge in [0.2, 0.25) is 12.3 Å². The van der Waals surface area contributed by atoms with E-state index in [4.69, 9.17) is 18.9 Å². The van der Waals surface area contributed by atoms with Crippen molar-refractivity contribution < 1.29 is 23.5 Å². The summed E-state index contributed by atoms with van der Waals surface area (Å²) in [4.78, 5) is 0. The standard InChI is InChI=1S/C25H24NO4.BrH/c1-3-4-11-28-25-19-13-26-10-9-15-12-21-24(30-14-29-21)18-6-5-17(23(26)22(15)18)16(19)7-8-20(25)27-2;/h5-8,12-13H,3-4,9-11,14H2,1-2H3;1H/q+1;. The number of rotatable bonds is 5. The molecule has 0 unspecified atom stereocenters. The van der Waals surface area contributed by atoms with Gasteiger partial charge in [-0.05, 0) is 42.3 Å². The van der Waals surface area contributed by atoms with Gasteiger partial charge in [-0.3, -0.25) is 0 Å². The lowest BCUT2D eigenvalue weighted by molar-refractivity contribution is -0.670. The molecule has 0 fully saturated rings. The van der Waals surface area contributed by atoms with E-state index in [2.05, 4.69) is 42.0 Å². The average Bonchev–Trinajstić information content (AvgIpc) is 3.25. The Balaban J connectivity index is 0.00000204. The number of fused-ring (bicyclic) bond motifs is 4. The van der Waals surface area contributed by atoms with Gasteiger partial charge >= 0.3 is 0 Å². The van der Waals surface area contributed by atoms with E-state index in [9.17, 15) is 0 Å².